The predicted octanol–water partition coefficient (Wildman–Crippen LogP) is 3.03. The fraction of sp³-hybridized carbons (Fsp3) is 0.200. The summed E-state index contributed by atoms with van der Waals surface area (Å²) in [5, 5.41) is 11.4. The second-order valence-corrected chi connectivity index (χ2v) is 5.42. The molecule has 1 amide bonds. The second-order valence-electron chi connectivity index (χ2n) is 4.25. The Bertz CT molecular complexity index is 651. The van der Waals surface area contributed by atoms with Crippen LogP contribution in [0.5, 0.6) is 5.75 Å². The van der Waals surface area contributed by atoms with Crippen LogP contribution in [0.25, 0.3) is 0 Å². The third kappa shape index (κ3) is 4.06. The predicted molar refractivity (Wildman–Crippen MR) is 81.2 cm³/mol. The monoisotopic (exact) mass is 305 g/mol. The fourth-order valence-corrected chi connectivity index (χ4v) is 2.55. The molecule has 2 aromatic rings. The minimum Gasteiger partial charge on any atom is -0.480 e. The lowest BCUT2D eigenvalue weighted by molar-refractivity contribution is -0.139. The number of ether oxygens (including phenoxy) is 1. The van der Waals surface area contributed by atoms with Gasteiger partial charge in [-0.25, -0.2) is 4.79 Å². The number of hydrogen-bond acceptors (Lipinski definition) is 4. The molecule has 0 atom stereocenters. The lowest BCUT2D eigenvalue weighted by atomic mass is 10.3. The van der Waals surface area contributed by atoms with Crippen LogP contribution in [0.4, 0.5) is 5.69 Å². The number of aliphatic carboxylic acids is 1. The second kappa shape index (κ2) is 6.90. The molecule has 110 valence electrons. The topological polar surface area (TPSA) is 75.6 Å². The molecule has 0 radical (unpaired) electrons. The molecular weight excluding hydrogens is 290 g/mol. The van der Waals surface area contributed by atoms with Gasteiger partial charge in [-0.1, -0.05) is 19.1 Å². The summed E-state index contributed by atoms with van der Waals surface area (Å²) in [4.78, 5) is 24.5. The number of rotatable bonds is 6. The first-order valence-corrected chi connectivity index (χ1v) is 7.25. The first-order valence-electron chi connectivity index (χ1n) is 6.44. The highest BCUT2D eigenvalue weighted by Crippen LogP contribution is 2.25. The lowest BCUT2D eigenvalue weighted by Crippen LogP contribution is -2.14. The van der Waals surface area contributed by atoms with Gasteiger partial charge in [0.05, 0.1) is 10.6 Å². The summed E-state index contributed by atoms with van der Waals surface area (Å²) in [5.74, 6) is -0.964. The Morgan fingerprint density at radius 1 is 1.24 bits per heavy atom. The third-order valence-electron chi connectivity index (χ3n) is 2.72. The minimum atomic E-state index is -1.07. The highest BCUT2D eigenvalue weighted by Gasteiger charge is 2.12. The van der Waals surface area contributed by atoms with Crippen molar-refractivity contribution in [1.29, 1.82) is 0 Å². The number of aryl methyl sites for hydroxylation is 1. The van der Waals surface area contributed by atoms with E-state index in [9.17, 15) is 9.59 Å². The highest BCUT2D eigenvalue weighted by atomic mass is 32.1. The first kappa shape index (κ1) is 15.1. The summed E-state index contributed by atoms with van der Waals surface area (Å²) in [6.45, 7) is 1.58. The van der Waals surface area contributed by atoms with Crippen molar-refractivity contribution in [2.45, 2.75) is 13.3 Å². The maximum absolute atomic E-state index is 12.2. The zero-order chi connectivity index (χ0) is 15.2. The van der Waals surface area contributed by atoms with Crippen molar-refractivity contribution < 1.29 is 19.4 Å². The van der Waals surface area contributed by atoms with Crippen LogP contribution in [0.15, 0.2) is 36.4 Å². The van der Waals surface area contributed by atoms with Gasteiger partial charge < -0.3 is 15.2 Å². The molecule has 1 heterocycles. The summed E-state index contributed by atoms with van der Waals surface area (Å²) < 4.78 is 5.15. The Morgan fingerprint density at radius 2 is 2.00 bits per heavy atom. The molecule has 0 saturated carbocycles. The van der Waals surface area contributed by atoms with Crippen molar-refractivity contribution in [3.63, 3.8) is 0 Å². The summed E-state index contributed by atoms with van der Waals surface area (Å²) in [7, 11) is 0. The molecular formula is C15H15NO4S. The van der Waals surface area contributed by atoms with Crippen molar-refractivity contribution in [3.8, 4) is 5.75 Å². The lowest BCUT2D eigenvalue weighted by Gasteiger charge is -2.10. The summed E-state index contributed by atoms with van der Waals surface area (Å²) >= 11 is 1.44. The number of para-hydroxylation sites is 2. The maximum Gasteiger partial charge on any atom is 0.341 e. The SMILES string of the molecule is CCc1ccc(C(=O)Nc2ccccc2OCC(=O)O)s1. The van der Waals surface area contributed by atoms with Crippen LogP contribution in [0, 0.1) is 0 Å². The molecule has 6 heteroatoms. The molecule has 5 nitrogen and oxygen atoms in total. The van der Waals surface area contributed by atoms with Gasteiger partial charge in [0.1, 0.15) is 5.75 Å². The van der Waals surface area contributed by atoms with E-state index in [2.05, 4.69) is 5.32 Å². The number of hydrogen-bond donors (Lipinski definition) is 2. The third-order valence-corrected chi connectivity index (χ3v) is 3.95. The summed E-state index contributed by atoms with van der Waals surface area (Å²) in [6.07, 6.45) is 0.885. The van der Waals surface area contributed by atoms with Crippen LogP contribution in [0.2, 0.25) is 0 Å². The number of carboxylic acid groups (broad SMARTS) is 1. The van der Waals surface area contributed by atoms with Crippen LogP contribution < -0.4 is 10.1 Å². The normalized spacial score (nSPS) is 10.1. The number of benzene rings is 1. The molecule has 1 aromatic heterocycles. The van der Waals surface area contributed by atoms with Gasteiger partial charge in [0.25, 0.3) is 5.91 Å². The molecule has 0 unspecified atom stereocenters. The molecule has 21 heavy (non-hydrogen) atoms. The molecule has 0 spiro atoms. The van der Waals surface area contributed by atoms with Crippen LogP contribution in [0.1, 0.15) is 21.5 Å². The van der Waals surface area contributed by atoms with E-state index in [1.807, 2.05) is 13.0 Å². The average Bonchev–Trinajstić information content (AvgIpc) is 2.95. The van der Waals surface area contributed by atoms with E-state index in [4.69, 9.17) is 9.84 Å². The number of carbonyl (C=O) groups is 2. The zero-order valence-electron chi connectivity index (χ0n) is 11.5. The van der Waals surface area contributed by atoms with E-state index in [0.29, 0.717) is 16.3 Å². The molecule has 0 fully saturated rings. The highest BCUT2D eigenvalue weighted by molar-refractivity contribution is 7.14. The van der Waals surface area contributed by atoms with Gasteiger partial charge in [-0.2, -0.15) is 0 Å². The Kier molecular flexibility index (Phi) is 4.94. The molecule has 0 saturated heterocycles. The summed E-state index contributed by atoms with van der Waals surface area (Å²) in [6, 6.07) is 10.4. The number of carboxylic acids is 1. The van der Waals surface area contributed by atoms with Crippen molar-refractivity contribution >= 4 is 28.9 Å². The molecule has 0 aliphatic heterocycles. The molecule has 0 bridgehead atoms. The number of thiophene rings is 1. The largest absolute Gasteiger partial charge is 0.480 e. The van der Waals surface area contributed by atoms with Gasteiger partial charge in [-0.05, 0) is 30.7 Å². The van der Waals surface area contributed by atoms with Gasteiger partial charge in [0, 0.05) is 4.88 Å². The fourth-order valence-electron chi connectivity index (χ4n) is 1.71. The Labute approximate surface area is 126 Å². The van der Waals surface area contributed by atoms with E-state index in [1.165, 1.54) is 11.3 Å². The molecule has 2 rings (SSSR count). The average molecular weight is 305 g/mol. The Hall–Kier alpha value is -2.34. The zero-order valence-corrected chi connectivity index (χ0v) is 12.3. The van der Waals surface area contributed by atoms with E-state index in [0.717, 1.165) is 11.3 Å². The standard InChI is InChI=1S/C15H15NO4S/c1-2-10-7-8-13(21-10)15(19)16-11-5-3-4-6-12(11)20-9-14(17)18/h3-8H,2,9H2,1H3,(H,16,19)(H,17,18). The quantitative estimate of drug-likeness (QED) is 0.860. The number of anilines is 1. The summed E-state index contributed by atoms with van der Waals surface area (Å²) in [5.41, 5.74) is 0.454. The Morgan fingerprint density at radius 3 is 2.67 bits per heavy atom. The van der Waals surface area contributed by atoms with Crippen LogP contribution >= 0.6 is 11.3 Å². The molecule has 0 aliphatic rings. The Balaban J connectivity index is 2.11. The van der Waals surface area contributed by atoms with Crippen molar-refractivity contribution in [2.75, 3.05) is 11.9 Å². The van der Waals surface area contributed by atoms with E-state index < -0.39 is 12.6 Å². The van der Waals surface area contributed by atoms with E-state index >= 15 is 0 Å². The van der Waals surface area contributed by atoms with Gasteiger partial charge in [-0.3, -0.25) is 4.79 Å². The van der Waals surface area contributed by atoms with E-state index in [1.54, 1.807) is 30.3 Å². The van der Waals surface area contributed by atoms with Crippen molar-refractivity contribution in [1.82, 2.24) is 0 Å². The van der Waals surface area contributed by atoms with Crippen LogP contribution in [0.3, 0.4) is 0 Å². The molecule has 1 aromatic carbocycles. The number of nitrogens with one attached hydrogen (secondary N) is 1. The van der Waals surface area contributed by atoms with E-state index in [-0.39, 0.29) is 5.91 Å². The van der Waals surface area contributed by atoms with Crippen molar-refractivity contribution in [3.05, 3.63) is 46.2 Å². The maximum atomic E-state index is 12.2. The molecule has 2 N–H and O–H groups in total. The van der Waals surface area contributed by atoms with Crippen LogP contribution in [-0.2, 0) is 11.2 Å². The first-order chi connectivity index (χ1) is 10.1. The van der Waals surface area contributed by atoms with Gasteiger partial charge in [0.15, 0.2) is 6.61 Å². The smallest absolute Gasteiger partial charge is 0.341 e. The number of carbonyl (C=O) groups excluding carboxylic acids is 1. The minimum absolute atomic E-state index is 0.230. The number of amides is 1. The van der Waals surface area contributed by atoms with Crippen LogP contribution in [-0.4, -0.2) is 23.6 Å². The van der Waals surface area contributed by atoms with Gasteiger partial charge in [-0.15, -0.1) is 11.3 Å². The van der Waals surface area contributed by atoms with Crippen molar-refractivity contribution in [2.24, 2.45) is 0 Å². The molecule has 0 aliphatic carbocycles. The van der Waals surface area contributed by atoms with Gasteiger partial charge >= 0.3 is 5.97 Å². The van der Waals surface area contributed by atoms with Gasteiger partial charge in [0.2, 0.25) is 0 Å².